The Kier molecular flexibility index (Phi) is 5.27. The quantitative estimate of drug-likeness (QED) is 0.781. The number of fused-ring (bicyclic) bond motifs is 1. The predicted octanol–water partition coefficient (Wildman–Crippen LogP) is 4.06. The molecule has 2 amide bonds. The molecule has 3 rings (SSSR count). The second-order valence-corrected chi connectivity index (χ2v) is 6.86. The predicted molar refractivity (Wildman–Crippen MR) is 89.7 cm³/mol. The number of carbonyl (C=O) groups excluding carboxylic acids is 1. The van der Waals surface area contributed by atoms with Crippen LogP contribution >= 0.6 is 11.3 Å². The molecule has 1 aliphatic rings. The van der Waals surface area contributed by atoms with Crippen molar-refractivity contribution in [2.75, 3.05) is 5.32 Å². The van der Waals surface area contributed by atoms with Crippen molar-refractivity contribution in [1.29, 1.82) is 0 Å². The first-order valence-electron chi connectivity index (χ1n) is 8.22. The molecule has 0 aromatic carbocycles. The SMILES string of the molecule is CCCCCc1nnc(NC(=O)NC2CCCc3occc32)s1. The van der Waals surface area contributed by atoms with E-state index in [0.717, 1.165) is 48.4 Å². The molecule has 0 radical (unpaired) electrons. The van der Waals surface area contributed by atoms with E-state index in [1.807, 2.05) is 6.07 Å². The van der Waals surface area contributed by atoms with Crippen LogP contribution < -0.4 is 10.6 Å². The summed E-state index contributed by atoms with van der Waals surface area (Å²) in [5.74, 6) is 0.982. The monoisotopic (exact) mass is 334 g/mol. The van der Waals surface area contributed by atoms with E-state index in [-0.39, 0.29) is 12.1 Å². The van der Waals surface area contributed by atoms with Crippen LogP contribution in [0.1, 0.15) is 61.4 Å². The maximum atomic E-state index is 12.2. The van der Waals surface area contributed by atoms with E-state index in [2.05, 4.69) is 27.8 Å². The summed E-state index contributed by atoms with van der Waals surface area (Å²) in [5.41, 5.74) is 1.09. The van der Waals surface area contributed by atoms with Crippen molar-refractivity contribution in [2.24, 2.45) is 0 Å². The number of carbonyl (C=O) groups is 1. The molecule has 0 fully saturated rings. The van der Waals surface area contributed by atoms with Crippen molar-refractivity contribution in [1.82, 2.24) is 15.5 Å². The lowest BCUT2D eigenvalue weighted by Gasteiger charge is -2.22. The van der Waals surface area contributed by atoms with Crippen LogP contribution in [0, 0.1) is 0 Å². The molecular weight excluding hydrogens is 312 g/mol. The summed E-state index contributed by atoms with van der Waals surface area (Å²) in [6, 6.07) is 1.71. The Morgan fingerprint density at radius 3 is 3.22 bits per heavy atom. The smallest absolute Gasteiger partial charge is 0.321 e. The van der Waals surface area contributed by atoms with Crippen molar-refractivity contribution < 1.29 is 9.21 Å². The summed E-state index contributed by atoms with van der Waals surface area (Å²) in [7, 11) is 0. The van der Waals surface area contributed by atoms with Crippen LogP contribution in [0.15, 0.2) is 16.7 Å². The molecule has 23 heavy (non-hydrogen) atoms. The molecule has 2 heterocycles. The molecule has 2 aromatic rings. The van der Waals surface area contributed by atoms with Gasteiger partial charge in [-0.2, -0.15) is 0 Å². The highest BCUT2D eigenvalue weighted by Gasteiger charge is 2.24. The van der Waals surface area contributed by atoms with Gasteiger partial charge in [-0.3, -0.25) is 5.32 Å². The number of rotatable bonds is 6. The lowest BCUT2D eigenvalue weighted by Crippen LogP contribution is -2.34. The normalized spacial score (nSPS) is 16.8. The summed E-state index contributed by atoms with van der Waals surface area (Å²) in [5, 5.41) is 15.5. The number of furan rings is 1. The molecule has 0 bridgehead atoms. The van der Waals surface area contributed by atoms with E-state index in [1.165, 1.54) is 24.2 Å². The third-order valence-corrected chi connectivity index (χ3v) is 4.94. The minimum absolute atomic E-state index is 0.00875. The number of aryl methyl sites for hydroxylation is 2. The number of unbranched alkanes of at least 4 members (excludes halogenated alkanes) is 2. The molecule has 1 aliphatic carbocycles. The summed E-state index contributed by atoms with van der Waals surface area (Å²) < 4.78 is 5.44. The van der Waals surface area contributed by atoms with Gasteiger partial charge in [-0.05, 0) is 25.3 Å². The van der Waals surface area contributed by atoms with Crippen LogP contribution in [-0.4, -0.2) is 16.2 Å². The molecular formula is C16H22N4O2S. The summed E-state index contributed by atoms with van der Waals surface area (Å²) in [6.45, 7) is 2.17. The Hall–Kier alpha value is -1.89. The van der Waals surface area contributed by atoms with Crippen LogP contribution in [0.25, 0.3) is 0 Å². The zero-order valence-corrected chi connectivity index (χ0v) is 14.1. The van der Waals surface area contributed by atoms with Crippen molar-refractivity contribution in [3.8, 4) is 0 Å². The Bertz CT molecular complexity index is 652. The molecule has 2 N–H and O–H groups in total. The molecule has 0 aliphatic heterocycles. The second kappa shape index (κ2) is 7.59. The summed E-state index contributed by atoms with van der Waals surface area (Å²) in [4.78, 5) is 12.2. The van der Waals surface area contributed by atoms with Gasteiger partial charge in [-0.1, -0.05) is 31.1 Å². The molecule has 1 unspecified atom stereocenters. The van der Waals surface area contributed by atoms with Crippen LogP contribution in [0.3, 0.4) is 0 Å². The average molecular weight is 334 g/mol. The van der Waals surface area contributed by atoms with E-state index >= 15 is 0 Å². The number of nitrogens with one attached hydrogen (secondary N) is 2. The Morgan fingerprint density at radius 1 is 1.43 bits per heavy atom. The molecule has 1 atom stereocenters. The van der Waals surface area contributed by atoms with Gasteiger partial charge in [-0.15, -0.1) is 10.2 Å². The first-order chi connectivity index (χ1) is 11.3. The Morgan fingerprint density at radius 2 is 2.35 bits per heavy atom. The maximum absolute atomic E-state index is 12.2. The van der Waals surface area contributed by atoms with Gasteiger partial charge in [0.05, 0.1) is 12.3 Å². The molecule has 0 saturated heterocycles. The number of hydrogen-bond donors (Lipinski definition) is 2. The maximum Gasteiger partial charge on any atom is 0.321 e. The van der Waals surface area contributed by atoms with Crippen LogP contribution in [0.5, 0.6) is 0 Å². The standard InChI is InChI=1S/C16H22N4O2S/c1-2-3-4-8-14-19-20-16(23-14)18-15(21)17-12-6-5-7-13-11(12)9-10-22-13/h9-10,12H,2-8H2,1H3,(H2,17,18,20,21). The van der Waals surface area contributed by atoms with Gasteiger partial charge in [-0.25, -0.2) is 4.79 Å². The summed E-state index contributed by atoms with van der Waals surface area (Å²) >= 11 is 1.45. The third kappa shape index (κ3) is 4.10. The number of aromatic nitrogens is 2. The minimum Gasteiger partial charge on any atom is -0.469 e. The van der Waals surface area contributed by atoms with E-state index in [9.17, 15) is 4.79 Å². The minimum atomic E-state index is -0.236. The average Bonchev–Trinajstić information content (AvgIpc) is 3.17. The van der Waals surface area contributed by atoms with Crippen molar-refractivity contribution in [2.45, 2.75) is 57.9 Å². The molecule has 124 valence electrons. The summed E-state index contributed by atoms with van der Waals surface area (Å²) in [6.07, 6.45) is 9.00. The van der Waals surface area contributed by atoms with E-state index < -0.39 is 0 Å². The van der Waals surface area contributed by atoms with E-state index in [1.54, 1.807) is 6.26 Å². The number of urea groups is 1. The van der Waals surface area contributed by atoms with Crippen LogP contribution in [0.2, 0.25) is 0 Å². The van der Waals surface area contributed by atoms with Crippen LogP contribution in [-0.2, 0) is 12.8 Å². The van der Waals surface area contributed by atoms with Crippen molar-refractivity contribution >= 4 is 22.5 Å². The van der Waals surface area contributed by atoms with Gasteiger partial charge in [0.25, 0.3) is 0 Å². The van der Waals surface area contributed by atoms with Gasteiger partial charge in [0, 0.05) is 18.4 Å². The Labute approximate surface area is 139 Å². The first-order valence-corrected chi connectivity index (χ1v) is 9.04. The zero-order valence-electron chi connectivity index (χ0n) is 13.3. The van der Waals surface area contributed by atoms with Crippen molar-refractivity contribution in [3.05, 3.63) is 28.7 Å². The molecule has 0 saturated carbocycles. The van der Waals surface area contributed by atoms with Gasteiger partial charge < -0.3 is 9.73 Å². The topological polar surface area (TPSA) is 80.0 Å². The largest absolute Gasteiger partial charge is 0.469 e. The van der Waals surface area contributed by atoms with Crippen LogP contribution in [0.4, 0.5) is 9.93 Å². The fourth-order valence-corrected chi connectivity index (χ4v) is 3.64. The van der Waals surface area contributed by atoms with E-state index in [0.29, 0.717) is 5.13 Å². The lowest BCUT2D eigenvalue weighted by molar-refractivity contribution is 0.246. The second-order valence-electron chi connectivity index (χ2n) is 5.80. The highest BCUT2D eigenvalue weighted by molar-refractivity contribution is 7.15. The number of anilines is 1. The highest BCUT2D eigenvalue weighted by Crippen LogP contribution is 2.30. The zero-order chi connectivity index (χ0) is 16.1. The third-order valence-electron chi connectivity index (χ3n) is 4.04. The Balaban J connectivity index is 1.52. The fourth-order valence-electron chi connectivity index (χ4n) is 2.86. The number of hydrogen-bond acceptors (Lipinski definition) is 5. The number of nitrogens with zero attached hydrogens (tertiary/aromatic N) is 2. The number of amides is 2. The fraction of sp³-hybridized carbons (Fsp3) is 0.562. The van der Waals surface area contributed by atoms with Gasteiger partial charge in [0.1, 0.15) is 10.8 Å². The molecule has 2 aromatic heterocycles. The first kappa shape index (κ1) is 16.0. The molecule has 0 spiro atoms. The van der Waals surface area contributed by atoms with E-state index in [4.69, 9.17) is 4.42 Å². The highest BCUT2D eigenvalue weighted by atomic mass is 32.1. The van der Waals surface area contributed by atoms with Crippen molar-refractivity contribution in [3.63, 3.8) is 0 Å². The van der Waals surface area contributed by atoms with Gasteiger partial charge >= 0.3 is 6.03 Å². The van der Waals surface area contributed by atoms with Gasteiger partial charge in [0.2, 0.25) is 5.13 Å². The molecule has 7 heteroatoms. The van der Waals surface area contributed by atoms with Gasteiger partial charge in [0.15, 0.2) is 0 Å². The molecule has 6 nitrogen and oxygen atoms in total. The lowest BCUT2D eigenvalue weighted by atomic mass is 9.93.